The lowest BCUT2D eigenvalue weighted by molar-refractivity contribution is 0.246. The quantitative estimate of drug-likeness (QED) is 0.503. The number of fused-ring (bicyclic) bond motifs is 2. The zero-order valence-corrected chi connectivity index (χ0v) is 13.0. The lowest BCUT2D eigenvalue weighted by Gasteiger charge is -2.18. The molecule has 1 aliphatic heterocycles. The van der Waals surface area contributed by atoms with Gasteiger partial charge >= 0.3 is 26.5 Å². The molecule has 0 radical (unpaired) electrons. The number of hydrogen-bond acceptors (Lipinski definition) is 7. The molecule has 2 amide bonds. The van der Waals surface area contributed by atoms with Gasteiger partial charge in [0.1, 0.15) is 0 Å². The molecule has 0 aliphatic carbocycles. The van der Waals surface area contributed by atoms with Crippen LogP contribution >= 0.6 is 0 Å². The highest BCUT2D eigenvalue weighted by Crippen LogP contribution is 2.33. The van der Waals surface area contributed by atoms with E-state index in [2.05, 4.69) is 10.9 Å². The normalized spacial score (nSPS) is 17.0. The number of anilines is 1. The Morgan fingerprint density at radius 1 is 1.22 bits per heavy atom. The zero-order chi connectivity index (χ0) is 17.0. The van der Waals surface area contributed by atoms with Crippen LogP contribution in [0.2, 0.25) is 0 Å². The van der Waals surface area contributed by atoms with Crippen LogP contribution in [0.3, 0.4) is 0 Å². The third-order valence-corrected chi connectivity index (χ3v) is 4.85. The molecule has 0 saturated heterocycles. The molecule has 3 rings (SSSR count). The molecule has 4 N–H and O–H groups in total. The van der Waals surface area contributed by atoms with Gasteiger partial charge in [0, 0.05) is 18.5 Å². The second-order valence-electron chi connectivity index (χ2n) is 4.64. The molecule has 1 aliphatic rings. The van der Waals surface area contributed by atoms with Crippen molar-refractivity contribution in [2.24, 2.45) is 7.05 Å². The summed E-state index contributed by atoms with van der Waals surface area (Å²) in [6.07, 6.45) is 0. The Morgan fingerprint density at radius 3 is 2.57 bits per heavy atom. The predicted octanol–water partition coefficient (Wildman–Crippen LogP) is -0.312. The van der Waals surface area contributed by atoms with Gasteiger partial charge < -0.3 is 8.75 Å². The number of aromatic nitrogens is 1. The first-order valence-electron chi connectivity index (χ1n) is 5.96. The van der Waals surface area contributed by atoms with E-state index in [-0.39, 0.29) is 16.5 Å². The van der Waals surface area contributed by atoms with E-state index in [0.717, 1.165) is 4.57 Å². The van der Waals surface area contributed by atoms with Gasteiger partial charge in [-0.15, -0.1) is 0 Å². The Hall–Kier alpha value is -2.51. The van der Waals surface area contributed by atoms with Gasteiger partial charge in [0.15, 0.2) is 10.8 Å². The summed E-state index contributed by atoms with van der Waals surface area (Å²) in [7, 11) is -7.47. The highest BCUT2D eigenvalue weighted by atomic mass is 32.2. The second kappa shape index (κ2) is 4.74. The molecule has 0 fully saturated rings. The summed E-state index contributed by atoms with van der Waals surface area (Å²) in [4.78, 5) is 11.3. The van der Waals surface area contributed by atoms with Gasteiger partial charge in [0.25, 0.3) is 0 Å². The van der Waals surface area contributed by atoms with Gasteiger partial charge in [-0.05, 0) is 12.1 Å². The third-order valence-electron chi connectivity index (χ3n) is 3.09. The number of amides is 2. The Kier molecular flexibility index (Phi) is 3.17. The summed E-state index contributed by atoms with van der Waals surface area (Å²) >= 11 is 0. The highest BCUT2D eigenvalue weighted by molar-refractivity contribution is 7.86. The number of nitrogens with zero attached hydrogens (tertiary/aromatic N) is 1. The van der Waals surface area contributed by atoms with Crippen LogP contribution in [-0.2, 0) is 27.5 Å². The topological polar surface area (TPSA) is 156 Å². The van der Waals surface area contributed by atoms with Crippen molar-refractivity contribution in [3.05, 3.63) is 18.2 Å². The van der Waals surface area contributed by atoms with Gasteiger partial charge in [-0.2, -0.15) is 16.8 Å². The lowest BCUT2D eigenvalue weighted by atomic mass is 10.2. The number of benzene rings is 1. The van der Waals surface area contributed by atoms with Gasteiger partial charge in [-0.3, -0.25) is 15.4 Å². The Morgan fingerprint density at radius 2 is 1.91 bits per heavy atom. The first-order chi connectivity index (χ1) is 10.6. The van der Waals surface area contributed by atoms with Crippen LogP contribution in [0.1, 0.15) is 0 Å². The maximum atomic E-state index is 11.6. The predicted molar refractivity (Wildman–Crippen MR) is 77.6 cm³/mol. The van der Waals surface area contributed by atoms with E-state index >= 15 is 0 Å². The molecule has 0 unspecified atom stereocenters. The summed E-state index contributed by atoms with van der Waals surface area (Å²) in [5, 5.41) is -0.00866. The van der Waals surface area contributed by atoms with Crippen molar-refractivity contribution in [2.75, 3.05) is 5.43 Å². The smallest absolute Gasteiger partial charge is 0.364 e. The molecule has 23 heavy (non-hydrogen) atoms. The average Bonchev–Trinajstić information content (AvgIpc) is 2.71. The number of rotatable bonds is 1. The number of carbonyl (C=O) groups is 1. The largest absolute Gasteiger partial charge is 0.411 e. The van der Waals surface area contributed by atoms with Gasteiger partial charge in [-0.1, -0.05) is 0 Å². The standard InChI is InChI=1S/C10H10N4O7S2/c1-14-7-4-8-6(2-5(7)3-9(14)22(16,17)18)11-12-10(15)13-23(19,20)21-8/h2-4,11H,1H3,(H2,12,13,15)(H,16,17,18). The molecular formula is C10H10N4O7S2. The number of aryl methyl sites for hydroxylation is 1. The molecular weight excluding hydrogens is 352 g/mol. The van der Waals surface area contributed by atoms with Crippen molar-refractivity contribution < 1.29 is 30.4 Å². The number of urea groups is 1. The Balaban J connectivity index is 2.25. The molecule has 2 heterocycles. The minimum atomic E-state index is -4.46. The molecule has 0 atom stereocenters. The minimum absolute atomic E-state index is 0.0865. The van der Waals surface area contributed by atoms with E-state index in [1.165, 1.54) is 25.2 Å². The SMILES string of the molecule is Cn1c(S(=O)(=O)O)cc2cc3c(cc21)OS(=O)(=O)NC(=O)NN3. The molecule has 124 valence electrons. The van der Waals surface area contributed by atoms with Crippen molar-refractivity contribution in [1.29, 1.82) is 0 Å². The van der Waals surface area contributed by atoms with Gasteiger partial charge in [-0.25, -0.2) is 9.52 Å². The fraction of sp³-hybridized carbons (Fsp3) is 0.100. The Labute approximate surface area is 130 Å². The highest BCUT2D eigenvalue weighted by Gasteiger charge is 2.24. The van der Waals surface area contributed by atoms with Crippen LogP contribution in [-0.4, -0.2) is 32.0 Å². The van der Waals surface area contributed by atoms with Gasteiger partial charge in [0.2, 0.25) is 0 Å². The number of nitrogens with one attached hydrogen (secondary N) is 3. The van der Waals surface area contributed by atoms with Crippen LogP contribution < -0.4 is 19.8 Å². The third kappa shape index (κ3) is 2.76. The van der Waals surface area contributed by atoms with Crippen molar-refractivity contribution in [2.45, 2.75) is 5.03 Å². The molecule has 0 saturated carbocycles. The van der Waals surface area contributed by atoms with Crippen LogP contribution in [0.4, 0.5) is 10.5 Å². The molecule has 2 aromatic rings. The first kappa shape index (κ1) is 15.4. The summed E-state index contributed by atoms with van der Waals surface area (Å²) in [6.45, 7) is 0. The molecule has 0 bridgehead atoms. The maximum Gasteiger partial charge on any atom is 0.411 e. The van der Waals surface area contributed by atoms with Crippen LogP contribution in [0.25, 0.3) is 10.9 Å². The van der Waals surface area contributed by atoms with Crippen molar-refractivity contribution in [3.63, 3.8) is 0 Å². The van der Waals surface area contributed by atoms with Crippen LogP contribution in [0.15, 0.2) is 23.2 Å². The number of hydrazine groups is 1. The fourth-order valence-electron chi connectivity index (χ4n) is 2.16. The summed E-state index contributed by atoms with van der Waals surface area (Å²) < 4.78 is 62.6. The zero-order valence-electron chi connectivity index (χ0n) is 11.4. The number of carbonyl (C=O) groups excluding carboxylic acids is 1. The lowest BCUT2D eigenvalue weighted by Crippen LogP contribution is -2.45. The van der Waals surface area contributed by atoms with Gasteiger partial charge in [0.05, 0.1) is 11.2 Å². The fourth-order valence-corrected chi connectivity index (χ4v) is 3.57. The van der Waals surface area contributed by atoms with Crippen molar-refractivity contribution in [3.8, 4) is 5.75 Å². The average molecular weight is 362 g/mol. The van der Waals surface area contributed by atoms with E-state index < -0.39 is 26.5 Å². The summed E-state index contributed by atoms with van der Waals surface area (Å²) in [6, 6.07) is 2.76. The summed E-state index contributed by atoms with van der Waals surface area (Å²) in [5.41, 5.74) is 4.90. The van der Waals surface area contributed by atoms with Crippen LogP contribution in [0.5, 0.6) is 5.75 Å². The molecule has 11 nitrogen and oxygen atoms in total. The van der Waals surface area contributed by atoms with E-state index in [4.69, 9.17) is 4.18 Å². The molecule has 0 spiro atoms. The number of hydrogen-bond donors (Lipinski definition) is 4. The summed E-state index contributed by atoms with van der Waals surface area (Å²) in [5.74, 6) is -0.173. The first-order valence-corrected chi connectivity index (χ1v) is 8.81. The molecule has 1 aromatic carbocycles. The van der Waals surface area contributed by atoms with E-state index in [9.17, 15) is 26.2 Å². The monoisotopic (exact) mass is 362 g/mol. The van der Waals surface area contributed by atoms with E-state index in [1.54, 1.807) is 4.72 Å². The minimum Gasteiger partial charge on any atom is -0.364 e. The van der Waals surface area contributed by atoms with Crippen LogP contribution in [0, 0.1) is 0 Å². The maximum absolute atomic E-state index is 11.6. The van der Waals surface area contributed by atoms with Crippen molar-refractivity contribution in [1.82, 2.24) is 14.7 Å². The van der Waals surface area contributed by atoms with E-state index in [1.807, 2.05) is 0 Å². The van der Waals surface area contributed by atoms with Crippen molar-refractivity contribution >= 4 is 43.0 Å². The molecule has 1 aromatic heterocycles. The Bertz CT molecular complexity index is 1040. The second-order valence-corrected chi connectivity index (χ2v) is 7.29. The van der Waals surface area contributed by atoms with E-state index in [0.29, 0.717) is 10.9 Å². The molecule has 13 heteroatoms.